The fraction of sp³-hybridized carbons (Fsp3) is 0.312. The van der Waals surface area contributed by atoms with E-state index in [-0.39, 0.29) is 10.9 Å². The molecule has 15 heteroatoms. The summed E-state index contributed by atoms with van der Waals surface area (Å²) in [7, 11) is 0. The van der Waals surface area contributed by atoms with Gasteiger partial charge in [-0.05, 0) is 13.8 Å². The van der Waals surface area contributed by atoms with Gasteiger partial charge in [-0.25, -0.2) is 26.4 Å². The standard InChI is InChI=1S/C16H15F5N8OS/c1-3-22-13-25-14(23-4-2)29-15(26-13)27-28-16(29)31-5-6(30)24-12-10(20)8(18)7(17)9(19)11(12)21/h3-5H2,1-2H3,(H,24,30)(H2,22,23,25,26,27). The molecule has 31 heavy (non-hydrogen) atoms. The molecule has 0 atom stereocenters. The molecule has 0 radical (unpaired) electrons. The van der Waals surface area contributed by atoms with Crippen LogP contribution in [0.5, 0.6) is 0 Å². The molecule has 9 nitrogen and oxygen atoms in total. The lowest BCUT2D eigenvalue weighted by molar-refractivity contribution is -0.113. The highest BCUT2D eigenvalue weighted by molar-refractivity contribution is 7.99. The highest BCUT2D eigenvalue weighted by Gasteiger charge is 2.27. The van der Waals surface area contributed by atoms with Crippen molar-refractivity contribution >= 4 is 41.0 Å². The number of carbonyl (C=O) groups excluding carboxylic acids is 1. The summed E-state index contributed by atoms with van der Waals surface area (Å²) in [4.78, 5) is 20.5. The van der Waals surface area contributed by atoms with Gasteiger partial charge in [-0.2, -0.15) is 9.97 Å². The molecule has 1 amide bonds. The molecular formula is C16H15F5N8OS. The van der Waals surface area contributed by atoms with Crippen LogP contribution in [-0.2, 0) is 4.79 Å². The van der Waals surface area contributed by atoms with Crippen molar-refractivity contribution in [2.45, 2.75) is 19.0 Å². The number of amides is 1. The van der Waals surface area contributed by atoms with Gasteiger partial charge in [0.25, 0.3) is 5.78 Å². The monoisotopic (exact) mass is 462 g/mol. The van der Waals surface area contributed by atoms with Crippen molar-refractivity contribution in [3.63, 3.8) is 0 Å². The molecule has 0 saturated heterocycles. The molecule has 0 aliphatic heterocycles. The third-order valence-electron chi connectivity index (χ3n) is 3.72. The largest absolute Gasteiger partial charge is 0.355 e. The van der Waals surface area contributed by atoms with E-state index in [1.54, 1.807) is 5.32 Å². The van der Waals surface area contributed by atoms with Crippen LogP contribution in [-0.4, -0.2) is 49.3 Å². The zero-order chi connectivity index (χ0) is 22.7. The Morgan fingerprint density at radius 3 is 2.13 bits per heavy atom. The smallest absolute Gasteiger partial charge is 0.261 e. The second-order valence-corrected chi connectivity index (χ2v) is 6.77. The molecule has 0 saturated carbocycles. The van der Waals surface area contributed by atoms with Gasteiger partial charge in [0.15, 0.2) is 28.4 Å². The minimum absolute atomic E-state index is 0.168. The van der Waals surface area contributed by atoms with Crippen LogP contribution < -0.4 is 16.0 Å². The summed E-state index contributed by atoms with van der Waals surface area (Å²) in [6, 6.07) is 0. The van der Waals surface area contributed by atoms with Gasteiger partial charge in [-0.1, -0.05) is 11.8 Å². The Morgan fingerprint density at radius 2 is 1.52 bits per heavy atom. The average molecular weight is 462 g/mol. The topological polar surface area (TPSA) is 109 Å². The maximum Gasteiger partial charge on any atom is 0.261 e. The van der Waals surface area contributed by atoms with Crippen molar-refractivity contribution in [2.75, 3.05) is 34.8 Å². The zero-order valence-corrected chi connectivity index (χ0v) is 16.9. The van der Waals surface area contributed by atoms with E-state index < -0.39 is 46.4 Å². The second kappa shape index (κ2) is 9.28. The van der Waals surface area contributed by atoms with Gasteiger partial charge in [-0.15, -0.1) is 10.2 Å². The van der Waals surface area contributed by atoms with Gasteiger partial charge >= 0.3 is 0 Å². The predicted molar refractivity (Wildman–Crippen MR) is 102 cm³/mol. The molecule has 3 rings (SSSR count). The number of rotatable bonds is 8. The van der Waals surface area contributed by atoms with Crippen molar-refractivity contribution in [2.24, 2.45) is 0 Å². The normalized spacial score (nSPS) is 11.1. The highest BCUT2D eigenvalue weighted by atomic mass is 32.2. The summed E-state index contributed by atoms with van der Waals surface area (Å²) >= 11 is 0.797. The SMILES string of the molecule is CCNc1nc(NCC)n2c(SCC(=O)Nc3c(F)c(F)c(F)c(F)c3F)nnc2n1. The molecule has 0 aliphatic rings. The average Bonchev–Trinajstić information content (AvgIpc) is 3.16. The maximum absolute atomic E-state index is 13.7. The van der Waals surface area contributed by atoms with Gasteiger partial charge in [0, 0.05) is 13.1 Å². The van der Waals surface area contributed by atoms with E-state index in [4.69, 9.17) is 0 Å². The Kier molecular flexibility index (Phi) is 6.72. The van der Waals surface area contributed by atoms with Crippen LogP contribution in [0.15, 0.2) is 5.16 Å². The molecular weight excluding hydrogens is 447 g/mol. The van der Waals surface area contributed by atoms with Crippen molar-refractivity contribution in [1.29, 1.82) is 0 Å². The number of nitrogens with one attached hydrogen (secondary N) is 3. The van der Waals surface area contributed by atoms with Gasteiger partial charge in [0.1, 0.15) is 5.69 Å². The summed E-state index contributed by atoms with van der Waals surface area (Å²) in [5, 5.41) is 15.6. The van der Waals surface area contributed by atoms with E-state index in [9.17, 15) is 26.7 Å². The number of thioether (sulfide) groups is 1. The first-order chi connectivity index (χ1) is 14.8. The summed E-state index contributed by atoms with van der Waals surface area (Å²) < 4.78 is 68.5. The van der Waals surface area contributed by atoms with Crippen LogP contribution in [0, 0.1) is 29.1 Å². The number of nitrogens with zero attached hydrogens (tertiary/aromatic N) is 5. The predicted octanol–water partition coefficient (Wildman–Crippen LogP) is 2.81. The van der Waals surface area contributed by atoms with Crippen LogP contribution >= 0.6 is 11.8 Å². The third-order valence-corrected chi connectivity index (χ3v) is 4.65. The lowest BCUT2D eigenvalue weighted by atomic mass is 10.2. The summed E-state index contributed by atoms with van der Waals surface area (Å²) in [5.74, 6) is -11.6. The number of anilines is 3. The Hall–Kier alpha value is -3.23. The first-order valence-electron chi connectivity index (χ1n) is 8.83. The van der Waals surface area contributed by atoms with E-state index in [1.807, 2.05) is 13.8 Å². The molecule has 3 aromatic rings. The number of carbonyl (C=O) groups is 1. The summed E-state index contributed by atoms with van der Waals surface area (Å²) in [6.45, 7) is 4.75. The van der Waals surface area contributed by atoms with E-state index in [2.05, 4.69) is 30.8 Å². The zero-order valence-electron chi connectivity index (χ0n) is 16.1. The molecule has 166 valence electrons. The minimum Gasteiger partial charge on any atom is -0.355 e. The molecule has 0 unspecified atom stereocenters. The Balaban J connectivity index is 1.81. The molecule has 1 aromatic carbocycles. The number of hydrogen-bond acceptors (Lipinski definition) is 8. The van der Waals surface area contributed by atoms with Gasteiger partial charge in [-0.3, -0.25) is 4.79 Å². The van der Waals surface area contributed by atoms with Crippen LogP contribution in [0.25, 0.3) is 5.78 Å². The molecule has 2 heterocycles. The van der Waals surface area contributed by atoms with Crippen molar-refractivity contribution in [3.8, 4) is 0 Å². The first-order valence-corrected chi connectivity index (χ1v) is 9.81. The minimum atomic E-state index is -2.31. The third kappa shape index (κ3) is 4.45. The van der Waals surface area contributed by atoms with Crippen molar-refractivity contribution in [1.82, 2.24) is 24.6 Å². The van der Waals surface area contributed by atoms with Crippen LogP contribution in [0.3, 0.4) is 0 Å². The summed E-state index contributed by atoms with van der Waals surface area (Å²) in [5.41, 5.74) is -1.43. The lowest BCUT2D eigenvalue weighted by Crippen LogP contribution is -2.19. The number of halogens is 5. The number of aromatic nitrogens is 5. The second-order valence-electron chi connectivity index (χ2n) is 5.83. The summed E-state index contributed by atoms with van der Waals surface area (Å²) in [6.07, 6.45) is 0. The quantitative estimate of drug-likeness (QED) is 0.203. The molecule has 0 aliphatic carbocycles. The van der Waals surface area contributed by atoms with E-state index >= 15 is 0 Å². The van der Waals surface area contributed by atoms with Crippen molar-refractivity contribution in [3.05, 3.63) is 29.1 Å². The number of fused-ring (bicyclic) bond motifs is 1. The van der Waals surface area contributed by atoms with Crippen molar-refractivity contribution < 1.29 is 26.7 Å². The van der Waals surface area contributed by atoms with Crippen LogP contribution in [0.2, 0.25) is 0 Å². The molecule has 2 aromatic heterocycles. The molecule has 0 fully saturated rings. The molecule has 0 bridgehead atoms. The van der Waals surface area contributed by atoms with Gasteiger partial charge in [0.05, 0.1) is 5.75 Å². The maximum atomic E-state index is 13.7. The first kappa shape index (κ1) is 22.5. The fourth-order valence-electron chi connectivity index (χ4n) is 2.42. The van der Waals surface area contributed by atoms with E-state index in [0.29, 0.717) is 25.0 Å². The number of benzene rings is 1. The van der Waals surface area contributed by atoms with Gasteiger partial charge < -0.3 is 16.0 Å². The fourth-order valence-corrected chi connectivity index (χ4v) is 3.15. The van der Waals surface area contributed by atoms with Crippen LogP contribution in [0.4, 0.5) is 39.5 Å². The Bertz CT molecular complexity index is 1110. The van der Waals surface area contributed by atoms with Gasteiger partial charge in [0.2, 0.25) is 23.6 Å². The van der Waals surface area contributed by atoms with Crippen LogP contribution in [0.1, 0.15) is 13.8 Å². The molecule has 3 N–H and O–H groups in total. The Labute approximate surface area is 175 Å². The Morgan fingerprint density at radius 1 is 0.903 bits per heavy atom. The lowest BCUT2D eigenvalue weighted by Gasteiger charge is -2.10. The molecule has 0 spiro atoms. The van der Waals surface area contributed by atoms with E-state index in [1.165, 1.54) is 4.40 Å². The number of hydrogen-bond donors (Lipinski definition) is 3. The van der Waals surface area contributed by atoms with E-state index in [0.717, 1.165) is 11.8 Å². The highest BCUT2D eigenvalue weighted by Crippen LogP contribution is 2.28.